The van der Waals surface area contributed by atoms with Gasteiger partial charge in [0.1, 0.15) is 0 Å². The van der Waals surface area contributed by atoms with Crippen molar-refractivity contribution in [3.63, 3.8) is 0 Å². The van der Waals surface area contributed by atoms with Crippen LogP contribution in [0.5, 0.6) is 0 Å². The lowest BCUT2D eigenvalue weighted by Crippen LogP contribution is -2.48. The number of aromatic nitrogens is 1. The van der Waals surface area contributed by atoms with Crippen LogP contribution < -0.4 is 9.62 Å². The molecule has 186 valence electrons. The molecule has 0 radical (unpaired) electrons. The van der Waals surface area contributed by atoms with Crippen LogP contribution >= 0.6 is 11.3 Å². The van der Waals surface area contributed by atoms with E-state index in [2.05, 4.69) is 35.6 Å². The largest absolute Gasteiger partial charge is 0.345 e. The second-order valence-corrected chi connectivity index (χ2v) is 11.8. The van der Waals surface area contributed by atoms with Crippen LogP contribution in [-0.2, 0) is 10.0 Å². The van der Waals surface area contributed by atoms with Crippen molar-refractivity contribution < 1.29 is 13.2 Å². The summed E-state index contributed by atoms with van der Waals surface area (Å²) in [6.07, 6.45) is 0. The molecule has 3 aromatic carbocycles. The van der Waals surface area contributed by atoms with Crippen molar-refractivity contribution >= 4 is 48.3 Å². The maximum absolute atomic E-state index is 13.4. The number of carbonyl (C=O) groups is 1. The Balaban J connectivity index is 1.30. The summed E-state index contributed by atoms with van der Waals surface area (Å²) in [6, 6.07) is 17.7. The van der Waals surface area contributed by atoms with Gasteiger partial charge < -0.3 is 9.80 Å². The van der Waals surface area contributed by atoms with Crippen molar-refractivity contribution in [1.82, 2.24) is 9.88 Å². The van der Waals surface area contributed by atoms with Gasteiger partial charge in [-0.25, -0.2) is 13.4 Å². The van der Waals surface area contributed by atoms with E-state index in [1.807, 2.05) is 6.92 Å². The average Bonchev–Trinajstić information content (AvgIpc) is 3.27. The zero-order valence-corrected chi connectivity index (χ0v) is 22.1. The first-order valence-corrected chi connectivity index (χ1v) is 14.1. The Bertz CT molecular complexity index is 1500. The molecule has 5 rings (SSSR count). The lowest BCUT2D eigenvalue weighted by molar-refractivity contribution is 0.0748. The fourth-order valence-corrected chi connectivity index (χ4v) is 6.43. The van der Waals surface area contributed by atoms with Crippen LogP contribution in [0.25, 0.3) is 10.2 Å². The second kappa shape index (κ2) is 9.55. The van der Waals surface area contributed by atoms with Gasteiger partial charge in [-0.15, -0.1) is 0 Å². The molecular weight excluding hydrogens is 492 g/mol. The van der Waals surface area contributed by atoms with E-state index in [-0.39, 0.29) is 16.5 Å². The highest BCUT2D eigenvalue weighted by atomic mass is 32.2. The number of nitrogens with zero attached hydrogens (tertiary/aromatic N) is 3. The quantitative estimate of drug-likeness (QED) is 0.401. The Morgan fingerprint density at radius 2 is 1.58 bits per heavy atom. The van der Waals surface area contributed by atoms with Crippen molar-refractivity contribution in [3.05, 3.63) is 82.9 Å². The minimum absolute atomic E-state index is 0.158. The number of hydrogen-bond acceptors (Lipinski definition) is 6. The number of carbonyl (C=O) groups excluding carboxylic acids is 1. The molecule has 0 spiro atoms. The summed E-state index contributed by atoms with van der Waals surface area (Å²) in [5.41, 5.74) is 5.08. The van der Waals surface area contributed by atoms with Crippen molar-refractivity contribution in [1.29, 1.82) is 0 Å². The normalized spacial score (nSPS) is 14.3. The summed E-state index contributed by atoms with van der Waals surface area (Å²) in [5, 5.41) is 0.966. The monoisotopic (exact) mass is 520 g/mol. The molecule has 1 fully saturated rings. The van der Waals surface area contributed by atoms with Crippen molar-refractivity contribution in [2.24, 2.45) is 0 Å². The smallest absolute Gasteiger partial charge is 0.261 e. The molecule has 1 N–H and O–H groups in total. The van der Waals surface area contributed by atoms with Gasteiger partial charge in [-0.1, -0.05) is 41.2 Å². The molecule has 9 heteroatoms. The number of rotatable bonds is 5. The molecule has 1 saturated heterocycles. The standard InChI is InChI=1S/C27H28N4O3S2/c1-18-8-10-21(11-9-18)36(33,34)29-23-7-5-4-6-22(23)26(32)30-12-14-31(15-13-30)27-28-24-16-19(2)20(3)17-25(24)35-27/h4-11,16-17,29H,12-15H2,1-3H3. The third-order valence-electron chi connectivity index (χ3n) is 6.56. The van der Waals surface area contributed by atoms with Gasteiger partial charge in [0, 0.05) is 26.2 Å². The maximum Gasteiger partial charge on any atom is 0.261 e. The van der Waals surface area contributed by atoms with Crippen LogP contribution in [0, 0.1) is 20.8 Å². The Labute approximate surface area is 215 Å². The predicted molar refractivity (Wildman–Crippen MR) is 146 cm³/mol. The number of para-hydroxylation sites is 1. The molecule has 4 aromatic rings. The van der Waals surface area contributed by atoms with Crippen LogP contribution in [0.3, 0.4) is 0 Å². The van der Waals surface area contributed by atoms with E-state index in [0.717, 1.165) is 16.2 Å². The number of sulfonamides is 1. The summed E-state index contributed by atoms with van der Waals surface area (Å²) in [4.78, 5) is 22.4. The zero-order chi connectivity index (χ0) is 25.4. The molecule has 7 nitrogen and oxygen atoms in total. The van der Waals surface area contributed by atoms with Gasteiger partial charge in [-0.2, -0.15) is 0 Å². The molecule has 1 aliphatic heterocycles. The van der Waals surface area contributed by atoms with Crippen molar-refractivity contribution in [3.8, 4) is 0 Å². The molecule has 0 saturated carbocycles. The van der Waals surface area contributed by atoms with Gasteiger partial charge in [0.2, 0.25) is 0 Å². The Morgan fingerprint density at radius 1 is 0.917 bits per heavy atom. The van der Waals surface area contributed by atoms with Crippen molar-refractivity contribution in [2.45, 2.75) is 25.7 Å². The lowest BCUT2D eigenvalue weighted by atomic mass is 10.1. The van der Waals surface area contributed by atoms with E-state index in [0.29, 0.717) is 31.7 Å². The molecule has 2 heterocycles. The Morgan fingerprint density at radius 3 is 2.31 bits per heavy atom. The lowest BCUT2D eigenvalue weighted by Gasteiger charge is -2.34. The number of hydrogen-bond donors (Lipinski definition) is 1. The minimum atomic E-state index is -3.82. The van der Waals surface area contributed by atoms with E-state index in [4.69, 9.17) is 4.98 Å². The van der Waals surface area contributed by atoms with Crippen LogP contribution in [0.1, 0.15) is 27.0 Å². The summed E-state index contributed by atoms with van der Waals surface area (Å²) in [6.45, 7) is 8.50. The van der Waals surface area contributed by atoms with E-state index in [1.54, 1.807) is 64.8 Å². The number of nitrogens with one attached hydrogen (secondary N) is 1. The maximum atomic E-state index is 13.4. The Kier molecular flexibility index (Phi) is 6.44. The molecule has 0 aliphatic carbocycles. The number of piperazine rings is 1. The van der Waals surface area contributed by atoms with E-state index < -0.39 is 10.0 Å². The number of thiazole rings is 1. The molecule has 1 aromatic heterocycles. The number of amides is 1. The summed E-state index contributed by atoms with van der Waals surface area (Å²) in [7, 11) is -3.82. The van der Waals surface area contributed by atoms with Gasteiger partial charge in [-0.05, 0) is 68.3 Å². The third-order valence-corrected chi connectivity index (χ3v) is 9.02. The molecule has 1 aliphatic rings. The first kappa shape index (κ1) is 24.3. The van der Waals surface area contributed by atoms with Gasteiger partial charge in [0.15, 0.2) is 5.13 Å². The van der Waals surface area contributed by atoms with E-state index in [9.17, 15) is 13.2 Å². The molecule has 0 bridgehead atoms. The predicted octanol–water partition coefficient (Wildman–Crippen LogP) is 4.98. The molecular formula is C27H28N4O3S2. The van der Waals surface area contributed by atoms with E-state index in [1.165, 1.54) is 15.8 Å². The van der Waals surface area contributed by atoms with Crippen molar-refractivity contribution in [2.75, 3.05) is 35.8 Å². The fraction of sp³-hybridized carbons (Fsp3) is 0.259. The molecule has 0 atom stereocenters. The molecule has 36 heavy (non-hydrogen) atoms. The highest BCUT2D eigenvalue weighted by Gasteiger charge is 2.26. The summed E-state index contributed by atoms with van der Waals surface area (Å²) < 4.78 is 29.6. The van der Waals surface area contributed by atoms with Gasteiger partial charge in [0.25, 0.3) is 15.9 Å². The molecule has 0 unspecified atom stereocenters. The fourth-order valence-electron chi connectivity index (χ4n) is 4.25. The SMILES string of the molecule is Cc1ccc(S(=O)(=O)Nc2ccccc2C(=O)N2CCN(c3nc4cc(C)c(C)cc4s3)CC2)cc1. The van der Waals surface area contributed by atoms with Crippen LogP contribution in [0.2, 0.25) is 0 Å². The Hall–Kier alpha value is -3.43. The first-order chi connectivity index (χ1) is 17.2. The topological polar surface area (TPSA) is 82.6 Å². The highest BCUT2D eigenvalue weighted by Crippen LogP contribution is 2.31. The van der Waals surface area contributed by atoms with Gasteiger partial charge in [0.05, 0.1) is 26.4 Å². The summed E-state index contributed by atoms with van der Waals surface area (Å²) in [5.74, 6) is -0.188. The molecule has 1 amide bonds. The summed E-state index contributed by atoms with van der Waals surface area (Å²) >= 11 is 1.67. The van der Waals surface area contributed by atoms with Crippen LogP contribution in [0.4, 0.5) is 10.8 Å². The first-order valence-electron chi connectivity index (χ1n) is 11.8. The number of anilines is 2. The zero-order valence-electron chi connectivity index (χ0n) is 20.5. The van der Waals surface area contributed by atoms with Gasteiger partial charge in [-0.3, -0.25) is 9.52 Å². The number of aryl methyl sites for hydroxylation is 3. The highest BCUT2D eigenvalue weighted by molar-refractivity contribution is 7.92. The second-order valence-electron chi connectivity index (χ2n) is 9.14. The third kappa shape index (κ3) is 4.81. The van der Waals surface area contributed by atoms with Crippen LogP contribution in [-0.4, -0.2) is 50.4 Å². The van der Waals surface area contributed by atoms with E-state index >= 15 is 0 Å². The van der Waals surface area contributed by atoms with Gasteiger partial charge >= 0.3 is 0 Å². The number of benzene rings is 3. The average molecular weight is 521 g/mol. The minimum Gasteiger partial charge on any atom is -0.345 e. The number of fused-ring (bicyclic) bond motifs is 1. The van der Waals surface area contributed by atoms with Crippen LogP contribution in [0.15, 0.2) is 65.6 Å².